The molecule has 1 amide bonds. The Bertz CT molecular complexity index is 429. The maximum absolute atomic E-state index is 12.1. The van der Waals surface area contributed by atoms with Crippen molar-refractivity contribution in [1.29, 1.82) is 0 Å². The van der Waals surface area contributed by atoms with Gasteiger partial charge in [0.15, 0.2) is 0 Å². The second kappa shape index (κ2) is 6.49. The molecule has 1 aromatic heterocycles. The van der Waals surface area contributed by atoms with Crippen LogP contribution in [0.15, 0.2) is 5.38 Å². The number of esters is 1. The summed E-state index contributed by atoms with van der Waals surface area (Å²) in [6, 6.07) is -0.0451. The van der Waals surface area contributed by atoms with Crippen LogP contribution >= 0.6 is 11.3 Å². The molecular weight excluding hydrogens is 252 g/mol. The van der Waals surface area contributed by atoms with E-state index >= 15 is 0 Å². The molecule has 0 aliphatic rings. The summed E-state index contributed by atoms with van der Waals surface area (Å²) < 4.78 is 4.59. The molecule has 0 N–H and O–H groups in total. The lowest BCUT2D eigenvalue weighted by Crippen LogP contribution is -2.41. The number of hydrogen-bond donors (Lipinski definition) is 0. The maximum atomic E-state index is 12.1. The smallest absolute Gasteiger partial charge is 0.325 e. The summed E-state index contributed by atoms with van der Waals surface area (Å²) in [5, 5.41) is 2.80. The molecule has 0 aliphatic heterocycles. The third-order valence-corrected chi connectivity index (χ3v) is 3.29. The standard InChI is InChI=1S/C12H18N2O3S/c1-8(2)14(6-12(16)17-4)11(15)5-10-7-18-9(3)13-10/h7-8H,5-6H2,1-4H3. The molecule has 0 unspecified atom stereocenters. The van der Waals surface area contributed by atoms with Gasteiger partial charge in [-0.25, -0.2) is 4.98 Å². The summed E-state index contributed by atoms with van der Waals surface area (Å²) in [4.78, 5) is 29.1. The van der Waals surface area contributed by atoms with E-state index in [9.17, 15) is 9.59 Å². The largest absolute Gasteiger partial charge is 0.468 e. The van der Waals surface area contributed by atoms with Crippen LogP contribution < -0.4 is 0 Å². The molecule has 18 heavy (non-hydrogen) atoms. The first-order valence-corrected chi connectivity index (χ1v) is 6.59. The van der Waals surface area contributed by atoms with Crippen LogP contribution in [0.5, 0.6) is 0 Å². The van der Waals surface area contributed by atoms with Crippen molar-refractivity contribution in [3.63, 3.8) is 0 Å². The molecule has 0 radical (unpaired) electrons. The summed E-state index contributed by atoms with van der Waals surface area (Å²) in [5.41, 5.74) is 0.748. The average molecular weight is 270 g/mol. The minimum absolute atomic E-state index is 0.0177. The Hall–Kier alpha value is -1.43. The van der Waals surface area contributed by atoms with Crippen LogP contribution in [0.2, 0.25) is 0 Å². The van der Waals surface area contributed by atoms with E-state index in [1.54, 1.807) is 0 Å². The number of rotatable bonds is 5. The second-order valence-electron chi connectivity index (χ2n) is 4.23. The lowest BCUT2D eigenvalue weighted by atomic mass is 10.2. The molecule has 5 nitrogen and oxygen atoms in total. The zero-order chi connectivity index (χ0) is 13.7. The molecule has 0 bridgehead atoms. The van der Waals surface area contributed by atoms with Crippen molar-refractivity contribution >= 4 is 23.2 Å². The zero-order valence-corrected chi connectivity index (χ0v) is 11.9. The van der Waals surface area contributed by atoms with Gasteiger partial charge in [0.2, 0.25) is 5.91 Å². The number of amides is 1. The number of ether oxygens (including phenoxy) is 1. The fraction of sp³-hybridized carbons (Fsp3) is 0.583. The Morgan fingerprint density at radius 2 is 2.17 bits per heavy atom. The van der Waals surface area contributed by atoms with Gasteiger partial charge in [0, 0.05) is 11.4 Å². The molecule has 0 aromatic carbocycles. The quantitative estimate of drug-likeness (QED) is 0.759. The zero-order valence-electron chi connectivity index (χ0n) is 11.1. The van der Waals surface area contributed by atoms with Gasteiger partial charge < -0.3 is 9.64 Å². The van der Waals surface area contributed by atoms with Crippen molar-refractivity contribution in [2.24, 2.45) is 0 Å². The van der Waals surface area contributed by atoms with Gasteiger partial charge in [-0.15, -0.1) is 11.3 Å². The van der Waals surface area contributed by atoms with Crippen molar-refractivity contribution < 1.29 is 14.3 Å². The van der Waals surface area contributed by atoms with E-state index < -0.39 is 5.97 Å². The van der Waals surface area contributed by atoms with E-state index in [4.69, 9.17) is 0 Å². The number of carbonyl (C=O) groups is 2. The van der Waals surface area contributed by atoms with Gasteiger partial charge in [0.25, 0.3) is 0 Å². The van der Waals surface area contributed by atoms with Crippen LogP contribution in [-0.2, 0) is 20.7 Å². The molecule has 0 saturated carbocycles. The Balaban J connectivity index is 2.68. The van der Waals surface area contributed by atoms with Crippen molar-refractivity contribution in [1.82, 2.24) is 9.88 Å². The molecule has 0 spiro atoms. The van der Waals surface area contributed by atoms with Gasteiger partial charge in [-0.3, -0.25) is 9.59 Å². The number of carbonyl (C=O) groups excluding carboxylic acids is 2. The lowest BCUT2D eigenvalue weighted by molar-refractivity contribution is -0.148. The van der Waals surface area contributed by atoms with E-state index in [-0.39, 0.29) is 24.9 Å². The molecule has 1 heterocycles. The molecule has 6 heteroatoms. The second-order valence-corrected chi connectivity index (χ2v) is 5.29. The number of thiazole rings is 1. The summed E-state index contributed by atoms with van der Waals surface area (Å²) >= 11 is 1.51. The number of aryl methyl sites for hydroxylation is 1. The summed E-state index contributed by atoms with van der Waals surface area (Å²) in [7, 11) is 1.31. The Morgan fingerprint density at radius 1 is 1.50 bits per heavy atom. The summed E-state index contributed by atoms with van der Waals surface area (Å²) in [6.07, 6.45) is 0.222. The van der Waals surface area contributed by atoms with Crippen molar-refractivity contribution in [2.45, 2.75) is 33.2 Å². The van der Waals surface area contributed by atoms with Crippen molar-refractivity contribution in [2.75, 3.05) is 13.7 Å². The number of nitrogens with zero attached hydrogens (tertiary/aromatic N) is 2. The normalized spacial score (nSPS) is 10.5. The van der Waals surface area contributed by atoms with Crippen molar-refractivity contribution in [3.8, 4) is 0 Å². The SMILES string of the molecule is COC(=O)CN(C(=O)Cc1csc(C)n1)C(C)C. The van der Waals surface area contributed by atoms with E-state index in [2.05, 4.69) is 9.72 Å². The highest BCUT2D eigenvalue weighted by Gasteiger charge is 2.21. The predicted octanol–water partition coefficient (Wildman–Crippen LogP) is 1.40. The fourth-order valence-electron chi connectivity index (χ4n) is 1.51. The maximum Gasteiger partial charge on any atom is 0.325 e. The topological polar surface area (TPSA) is 59.5 Å². The number of methoxy groups -OCH3 is 1. The third kappa shape index (κ3) is 4.10. The van der Waals surface area contributed by atoms with Crippen LogP contribution in [0.3, 0.4) is 0 Å². The van der Waals surface area contributed by atoms with Gasteiger partial charge in [-0.05, 0) is 20.8 Å². The van der Waals surface area contributed by atoms with Crippen LogP contribution in [0, 0.1) is 6.92 Å². The van der Waals surface area contributed by atoms with Crippen LogP contribution in [-0.4, -0.2) is 41.5 Å². The minimum Gasteiger partial charge on any atom is -0.468 e. The van der Waals surface area contributed by atoms with Crippen LogP contribution in [0.25, 0.3) is 0 Å². The molecule has 0 fully saturated rings. The Morgan fingerprint density at radius 3 is 2.61 bits per heavy atom. The number of aromatic nitrogens is 1. The molecule has 1 aromatic rings. The highest BCUT2D eigenvalue weighted by Crippen LogP contribution is 2.11. The third-order valence-electron chi connectivity index (χ3n) is 2.47. The first kappa shape index (κ1) is 14.6. The van der Waals surface area contributed by atoms with E-state index in [1.807, 2.05) is 26.2 Å². The number of hydrogen-bond acceptors (Lipinski definition) is 5. The average Bonchev–Trinajstić information content (AvgIpc) is 2.70. The summed E-state index contributed by atoms with van der Waals surface area (Å²) in [6.45, 7) is 5.61. The molecule has 100 valence electrons. The molecule has 0 saturated heterocycles. The minimum atomic E-state index is -0.411. The predicted molar refractivity (Wildman–Crippen MR) is 69.4 cm³/mol. The van der Waals surface area contributed by atoms with Gasteiger partial charge >= 0.3 is 5.97 Å². The van der Waals surface area contributed by atoms with E-state index in [1.165, 1.54) is 23.3 Å². The first-order chi connectivity index (χ1) is 8.43. The Labute approximate surface area is 111 Å². The van der Waals surface area contributed by atoms with Crippen LogP contribution in [0.1, 0.15) is 24.5 Å². The van der Waals surface area contributed by atoms with Crippen molar-refractivity contribution in [3.05, 3.63) is 16.1 Å². The first-order valence-electron chi connectivity index (χ1n) is 5.71. The van der Waals surface area contributed by atoms with Gasteiger partial charge in [-0.1, -0.05) is 0 Å². The lowest BCUT2D eigenvalue weighted by Gasteiger charge is -2.25. The highest BCUT2D eigenvalue weighted by atomic mass is 32.1. The fourth-order valence-corrected chi connectivity index (χ4v) is 2.12. The van der Waals surface area contributed by atoms with Gasteiger partial charge in [0.05, 0.1) is 24.2 Å². The molecule has 0 atom stereocenters. The molecular formula is C12H18N2O3S. The van der Waals surface area contributed by atoms with Crippen LogP contribution in [0.4, 0.5) is 0 Å². The van der Waals surface area contributed by atoms with Gasteiger partial charge in [0.1, 0.15) is 6.54 Å². The molecule has 1 rings (SSSR count). The Kier molecular flexibility index (Phi) is 5.27. The highest BCUT2D eigenvalue weighted by molar-refractivity contribution is 7.09. The van der Waals surface area contributed by atoms with E-state index in [0.29, 0.717) is 0 Å². The monoisotopic (exact) mass is 270 g/mol. The van der Waals surface area contributed by atoms with E-state index in [0.717, 1.165) is 10.7 Å². The summed E-state index contributed by atoms with van der Waals surface area (Å²) in [5.74, 6) is -0.521. The molecule has 0 aliphatic carbocycles. The van der Waals surface area contributed by atoms with Gasteiger partial charge in [-0.2, -0.15) is 0 Å².